The molecule has 0 heterocycles. The zero-order chi connectivity index (χ0) is 14.5. The highest BCUT2D eigenvalue weighted by Crippen LogP contribution is 2.22. The first-order valence-electron chi connectivity index (χ1n) is 7.61. The minimum Gasteiger partial charge on any atom is -0.352 e. The first-order chi connectivity index (χ1) is 9.58. The summed E-state index contributed by atoms with van der Waals surface area (Å²) in [6, 6.07) is 8.42. The van der Waals surface area contributed by atoms with E-state index in [0.717, 1.165) is 18.4 Å². The summed E-state index contributed by atoms with van der Waals surface area (Å²) in [4.78, 5) is 14.6. The number of carbonyl (C=O) groups excluding carboxylic acids is 1. The number of likely N-dealkylation sites (N-methyl/N-ethyl adjacent to an activating group) is 1. The Kier molecular flexibility index (Phi) is 5.18. The maximum Gasteiger partial charge on any atom is 0.242 e. The summed E-state index contributed by atoms with van der Waals surface area (Å²) in [5, 5.41) is 3.23. The van der Waals surface area contributed by atoms with Gasteiger partial charge in [0.2, 0.25) is 5.91 Å². The number of hydrogen-bond acceptors (Lipinski definition) is 2. The van der Waals surface area contributed by atoms with Gasteiger partial charge < -0.3 is 5.32 Å². The second-order valence-electron chi connectivity index (χ2n) is 6.12. The lowest BCUT2D eigenvalue weighted by atomic mass is 9.94. The van der Waals surface area contributed by atoms with Gasteiger partial charge in [-0.15, -0.1) is 0 Å². The fourth-order valence-corrected chi connectivity index (χ4v) is 2.96. The van der Waals surface area contributed by atoms with E-state index in [-0.39, 0.29) is 11.9 Å². The van der Waals surface area contributed by atoms with Gasteiger partial charge in [0, 0.05) is 6.04 Å². The Hall–Kier alpha value is -1.35. The van der Waals surface area contributed by atoms with E-state index in [1.54, 1.807) is 0 Å². The third-order valence-corrected chi connectivity index (χ3v) is 4.11. The van der Waals surface area contributed by atoms with Crippen molar-refractivity contribution in [3.8, 4) is 0 Å². The first-order valence-corrected chi connectivity index (χ1v) is 7.61. The predicted octanol–water partition coefficient (Wildman–Crippen LogP) is 3.05. The normalized spacial score (nSPS) is 18.0. The molecule has 0 aromatic heterocycles. The Bertz CT molecular complexity index is 433. The molecule has 1 aliphatic rings. The number of amides is 1. The van der Waals surface area contributed by atoms with E-state index in [0.29, 0.717) is 6.04 Å². The fourth-order valence-electron chi connectivity index (χ4n) is 2.96. The molecule has 3 nitrogen and oxygen atoms in total. The van der Waals surface area contributed by atoms with Crippen molar-refractivity contribution < 1.29 is 4.79 Å². The zero-order valence-electron chi connectivity index (χ0n) is 12.9. The lowest BCUT2D eigenvalue weighted by Gasteiger charge is -2.28. The molecular weight excluding hydrogens is 248 g/mol. The summed E-state index contributed by atoms with van der Waals surface area (Å²) in [6.45, 7) is 2.07. The molecule has 1 atom stereocenters. The maximum atomic E-state index is 12.6. The second-order valence-corrected chi connectivity index (χ2v) is 6.12. The van der Waals surface area contributed by atoms with E-state index in [4.69, 9.17) is 0 Å². The number of benzene rings is 1. The number of nitrogens with zero attached hydrogens (tertiary/aromatic N) is 1. The molecule has 0 bridgehead atoms. The monoisotopic (exact) mass is 274 g/mol. The van der Waals surface area contributed by atoms with E-state index >= 15 is 0 Å². The molecule has 1 aromatic carbocycles. The van der Waals surface area contributed by atoms with Crippen LogP contribution in [0.25, 0.3) is 0 Å². The summed E-state index contributed by atoms with van der Waals surface area (Å²) in [7, 11) is 3.93. The highest BCUT2D eigenvalue weighted by Gasteiger charge is 2.25. The summed E-state index contributed by atoms with van der Waals surface area (Å²) >= 11 is 0. The van der Waals surface area contributed by atoms with Crippen molar-refractivity contribution in [2.24, 2.45) is 0 Å². The zero-order valence-corrected chi connectivity index (χ0v) is 12.9. The van der Waals surface area contributed by atoms with Crippen molar-refractivity contribution in [2.75, 3.05) is 14.1 Å². The summed E-state index contributed by atoms with van der Waals surface area (Å²) in [6.07, 6.45) is 6.03. The van der Waals surface area contributed by atoms with Gasteiger partial charge in [0.25, 0.3) is 0 Å². The molecule has 1 saturated carbocycles. The average molecular weight is 274 g/mol. The van der Waals surface area contributed by atoms with Crippen LogP contribution in [-0.4, -0.2) is 30.9 Å². The van der Waals surface area contributed by atoms with Crippen LogP contribution in [0.1, 0.15) is 49.3 Å². The smallest absolute Gasteiger partial charge is 0.242 e. The Balaban J connectivity index is 2.07. The number of hydrogen-bond donors (Lipinski definition) is 1. The standard InChI is InChI=1S/C17H26N2O/c1-13-9-11-14(12-10-13)16(19(2)3)17(20)18-15-7-5-4-6-8-15/h9-12,15-16H,4-8H2,1-3H3,(H,18,20). The molecule has 3 heteroatoms. The van der Waals surface area contributed by atoms with Crippen LogP contribution >= 0.6 is 0 Å². The molecule has 1 aliphatic carbocycles. The third-order valence-electron chi connectivity index (χ3n) is 4.11. The summed E-state index contributed by atoms with van der Waals surface area (Å²) in [5.74, 6) is 0.130. The van der Waals surface area contributed by atoms with Crippen molar-refractivity contribution in [3.63, 3.8) is 0 Å². The molecule has 0 aliphatic heterocycles. The van der Waals surface area contributed by atoms with Gasteiger partial charge >= 0.3 is 0 Å². The predicted molar refractivity (Wildman–Crippen MR) is 82.6 cm³/mol. The molecule has 110 valence electrons. The van der Waals surface area contributed by atoms with Crippen molar-refractivity contribution in [1.82, 2.24) is 10.2 Å². The average Bonchev–Trinajstić information content (AvgIpc) is 2.42. The number of carbonyl (C=O) groups is 1. The molecule has 1 amide bonds. The molecule has 0 spiro atoms. The third kappa shape index (κ3) is 3.83. The fraction of sp³-hybridized carbons (Fsp3) is 0.588. The van der Waals surface area contributed by atoms with Gasteiger partial charge in [0.05, 0.1) is 0 Å². The first kappa shape index (κ1) is 15.0. The lowest BCUT2D eigenvalue weighted by molar-refractivity contribution is -0.126. The van der Waals surface area contributed by atoms with Crippen LogP contribution in [-0.2, 0) is 4.79 Å². The van der Waals surface area contributed by atoms with Crippen molar-refractivity contribution >= 4 is 5.91 Å². The Morgan fingerprint density at radius 2 is 1.75 bits per heavy atom. The van der Waals surface area contributed by atoms with E-state index < -0.39 is 0 Å². The lowest BCUT2D eigenvalue weighted by Crippen LogP contribution is -2.43. The quantitative estimate of drug-likeness (QED) is 0.915. The van der Waals surface area contributed by atoms with Gasteiger partial charge in [-0.2, -0.15) is 0 Å². The molecule has 1 aromatic rings. The van der Waals surface area contributed by atoms with Crippen LogP contribution in [0, 0.1) is 6.92 Å². The van der Waals surface area contributed by atoms with Crippen LogP contribution in [0.5, 0.6) is 0 Å². The van der Waals surface area contributed by atoms with Crippen molar-refractivity contribution in [3.05, 3.63) is 35.4 Å². The van der Waals surface area contributed by atoms with Crippen LogP contribution < -0.4 is 5.32 Å². The minimum absolute atomic E-state index is 0.130. The van der Waals surface area contributed by atoms with E-state index in [2.05, 4.69) is 36.5 Å². The molecule has 2 rings (SSSR count). The number of rotatable bonds is 4. The molecule has 0 saturated heterocycles. The van der Waals surface area contributed by atoms with Crippen LogP contribution in [0.3, 0.4) is 0 Å². The molecule has 20 heavy (non-hydrogen) atoms. The second kappa shape index (κ2) is 6.89. The summed E-state index contributed by atoms with van der Waals surface area (Å²) in [5.41, 5.74) is 2.29. The Morgan fingerprint density at radius 1 is 1.15 bits per heavy atom. The molecule has 1 fully saturated rings. The van der Waals surface area contributed by atoms with Gasteiger partial charge in [0.1, 0.15) is 6.04 Å². The van der Waals surface area contributed by atoms with Crippen molar-refractivity contribution in [1.29, 1.82) is 0 Å². The van der Waals surface area contributed by atoms with Gasteiger partial charge in [0.15, 0.2) is 0 Å². The molecule has 1 N–H and O–H groups in total. The minimum atomic E-state index is -0.197. The number of nitrogens with one attached hydrogen (secondary N) is 1. The van der Waals surface area contributed by atoms with Crippen LogP contribution in [0.2, 0.25) is 0 Å². The van der Waals surface area contributed by atoms with Gasteiger partial charge in [-0.3, -0.25) is 9.69 Å². The Labute approximate surface area is 122 Å². The molecule has 0 radical (unpaired) electrons. The van der Waals surface area contributed by atoms with Crippen LogP contribution in [0.15, 0.2) is 24.3 Å². The van der Waals surface area contributed by atoms with Gasteiger partial charge in [-0.25, -0.2) is 0 Å². The summed E-state index contributed by atoms with van der Waals surface area (Å²) < 4.78 is 0. The highest BCUT2D eigenvalue weighted by atomic mass is 16.2. The Morgan fingerprint density at radius 3 is 2.30 bits per heavy atom. The van der Waals surface area contributed by atoms with E-state index in [9.17, 15) is 4.79 Å². The topological polar surface area (TPSA) is 32.3 Å². The van der Waals surface area contributed by atoms with Gasteiger partial charge in [-0.1, -0.05) is 49.1 Å². The van der Waals surface area contributed by atoms with E-state index in [1.807, 2.05) is 19.0 Å². The number of aryl methyl sites for hydroxylation is 1. The van der Waals surface area contributed by atoms with Gasteiger partial charge in [-0.05, 0) is 39.4 Å². The molecular formula is C17H26N2O. The molecule has 1 unspecified atom stereocenters. The SMILES string of the molecule is Cc1ccc(C(C(=O)NC2CCCCC2)N(C)C)cc1. The van der Waals surface area contributed by atoms with Crippen LogP contribution in [0.4, 0.5) is 0 Å². The largest absolute Gasteiger partial charge is 0.352 e. The maximum absolute atomic E-state index is 12.6. The highest BCUT2D eigenvalue weighted by molar-refractivity contribution is 5.83. The van der Waals surface area contributed by atoms with E-state index in [1.165, 1.54) is 24.8 Å². The van der Waals surface area contributed by atoms with Crippen molar-refractivity contribution in [2.45, 2.75) is 51.1 Å².